The molecule has 27 heavy (non-hydrogen) atoms. The zero-order chi connectivity index (χ0) is 19.2. The highest BCUT2D eigenvalue weighted by molar-refractivity contribution is 5.96. The highest BCUT2D eigenvalue weighted by atomic mass is 16.2. The lowest BCUT2D eigenvalue weighted by atomic mass is 10.1. The van der Waals surface area contributed by atoms with Gasteiger partial charge in [0.25, 0.3) is 5.91 Å². The molecule has 7 nitrogen and oxygen atoms in total. The first kappa shape index (κ1) is 18.8. The topological polar surface area (TPSA) is 87.2 Å². The number of benzene rings is 1. The SMILES string of the molecule is Cc1cc(C(=O)N2CCCC2)ccc1NC(=O)N[C@H](C)Cc1cnccn1. The van der Waals surface area contributed by atoms with Gasteiger partial charge in [-0.25, -0.2) is 4.79 Å². The van der Waals surface area contributed by atoms with E-state index in [0.717, 1.165) is 37.2 Å². The standard InChI is InChI=1S/C20H25N5O2/c1-14-11-16(19(26)25-9-3-4-10-25)5-6-18(14)24-20(27)23-15(2)12-17-13-21-7-8-22-17/h5-8,11,13,15H,3-4,9-10,12H2,1-2H3,(H2,23,24,27)/t15-/m1/s1. The Labute approximate surface area is 159 Å². The number of nitrogens with one attached hydrogen (secondary N) is 2. The predicted octanol–water partition coefficient (Wildman–Crippen LogP) is 2.77. The first-order chi connectivity index (χ1) is 13.0. The summed E-state index contributed by atoms with van der Waals surface area (Å²) in [4.78, 5) is 34.8. The van der Waals surface area contributed by atoms with E-state index >= 15 is 0 Å². The van der Waals surface area contributed by atoms with Crippen LogP contribution in [0.3, 0.4) is 0 Å². The van der Waals surface area contributed by atoms with Crippen LogP contribution in [-0.2, 0) is 6.42 Å². The number of rotatable bonds is 5. The van der Waals surface area contributed by atoms with Crippen LogP contribution >= 0.6 is 0 Å². The minimum atomic E-state index is -0.284. The molecule has 2 aromatic rings. The molecular formula is C20H25N5O2. The Bertz CT molecular complexity index is 803. The van der Waals surface area contributed by atoms with Gasteiger partial charge in [-0.15, -0.1) is 0 Å². The normalized spacial score (nSPS) is 14.7. The van der Waals surface area contributed by atoms with E-state index in [1.807, 2.05) is 24.8 Å². The smallest absolute Gasteiger partial charge is 0.319 e. The van der Waals surface area contributed by atoms with Crippen LogP contribution in [0.5, 0.6) is 0 Å². The van der Waals surface area contributed by atoms with Gasteiger partial charge in [0.15, 0.2) is 0 Å². The second kappa shape index (κ2) is 8.62. The number of aromatic nitrogens is 2. The molecule has 1 fully saturated rings. The van der Waals surface area contributed by atoms with Gasteiger partial charge in [0.05, 0.1) is 5.69 Å². The molecule has 0 bridgehead atoms. The largest absolute Gasteiger partial charge is 0.339 e. The lowest BCUT2D eigenvalue weighted by Gasteiger charge is -2.17. The first-order valence-corrected chi connectivity index (χ1v) is 9.25. The molecule has 1 saturated heterocycles. The van der Waals surface area contributed by atoms with Gasteiger partial charge in [-0.1, -0.05) is 0 Å². The number of carbonyl (C=O) groups excluding carboxylic acids is 2. The summed E-state index contributed by atoms with van der Waals surface area (Å²) >= 11 is 0. The van der Waals surface area contributed by atoms with Crippen molar-refractivity contribution >= 4 is 17.6 Å². The maximum Gasteiger partial charge on any atom is 0.319 e. The Morgan fingerprint density at radius 3 is 2.67 bits per heavy atom. The van der Waals surface area contributed by atoms with Gasteiger partial charge in [0, 0.05) is 55.4 Å². The second-order valence-corrected chi connectivity index (χ2v) is 6.93. The summed E-state index contributed by atoms with van der Waals surface area (Å²) in [5.41, 5.74) is 3.04. The predicted molar refractivity (Wildman–Crippen MR) is 104 cm³/mol. The molecule has 0 radical (unpaired) electrons. The number of hydrogen-bond acceptors (Lipinski definition) is 4. The van der Waals surface area contributed by atoms with Gasteiger partial charge in [0.1, 0.15) is 0 Å². The molecule has 1 aromatic heterocycles. The van der Waals surface area contributed by atoms with Crippen LogP contribution in [-0.4, -0.2) is 45.9 Å². The summed E-state index contributed by atoms with van der Waals surface area (Å²) in [5, 5.41) is 5.74. The quantitative estimate of drug-likeness (QED) is 0.851. The molecule has 1 atom stereocenters. The molecule has 0 saturated carbocycles. The third-order valence-electron chi connectivity index (χ3n) is 4.62. The molecule has 2 heterocycles. The molecule has 0 aliphatic carbocycles. The Kier molecular flexibility index (Phi) is 6.01. The zero-order valence-electron chi connectivity index (χ0n) is 15.7. The number of hydrogen-bond donors (Lipinski definition) is 2. The van der Waals surface area contributed by atoms with Gasteiger partial charge in [0.2, 0.25) is 0 Å². The van der Waals surface area contributed by atoms with Crippen molar-refractivity contribution in [1.82, 2.24) is 20.2 Å². The van der Waals surface area contributed by atoms with Crippen LogP contribution in [0.15, 0.2) is 36.8 Å². The van der Waals surface area contributed by atoms with E-state index in [9.17, 15) is 9.59 Å². The van der Waals surface area contributed by atoms with E-state index in [0.29, 0.717) is 17.7 Å². The van der Waals surface area contributed by atoms with Crippen molar-refractivity contribution in [1.29, 1.82) is 0 Å². The number of nitrogens with zero attached hydrogens (tertiary/aromatic N) is 3. The number of urea groups is 1. The van der Waals surface area contributed by atoms with Gasteiger partial charge >= 0.3 is 6.03 Å². The van der Waals surface area contributed by atoms with Crippen molar-refractivity contribution in [2.75, 3.05) is 18.4 Å². The van der Waals surface area contributed by atoms with Crippen molar-refractivity contribution in [2.24, 2.45) is 0 Å². The van der Waals surface area contributed by atoms with E-state index in [1.54, 1.807) is 30.7 Å². The van der Waals surface area contributed by atoms with E-state index in [4.69, 9.17) is 0 Å². The van der Waals surface area contributed by atoms with E-state index in [1.165, 1.54) is 0 Å². The summed E-state index contributed by atoms with van der Waals surface area (Å²) < 4.78 is 0. The van der Waals surface area contributed by atoms with Crippen LogP contribution in [0, 0.1) is 6.92 Å². The highest BCUT2D eigenvalue weighted by Gasteiger charge is 2.20. The summed E-state index contributed by atoms with van der Waals surface area (Å²) in [6, 6.07) is 5.02. The Morgan fingerprint density at radius 2 is 2.00 bits per heavy atom. The molecule has 3 amide bonds. The number of anilines is 1. The van der Waals surface area contributed by atoms with Gasteiger partial charge in [-0.2, -0.15) is 0 Å². The molecule has 0 spiro atoms. The Hall–Kier alpha value is -2.96. The fourth-order valence-electron chi connectivity index (χ4n) is 3.22. The Balaban J connectivity index is 1.56. The molecule has 1 aliphatic heterocycles. The number of aryl methyl sites for hydroxylation is 1. The van der Waals surface area contributed by atoms with Gasteiger partial charge < -0.3 is 15.5 Å². The van der Waals surface area contributed by atoms with Crippen molar-refractivity contribution in [3.8, 4) is 0 Å². The van der Waals surface area contributed by atoms with Crippen LogP contribution < -0.4 is 10.6 Å². The van der Waals surface area contributed by atoms with Crippen molar-refractivity contribution in [3.05, 3.63) is 53.6 Å². The maximum atomic E-state index is 12.5. The maximum absolute atomic E-state index is 12.5. The average molecular weight is 367 g/mol. The first-order valence-electron chi connectivity index (χ1n) is 9.25. The van der Waals surface area contributed by atoms with Gasteiger partial charge in [-0.3, -0.25) is 14.8 Å². The minimum Gasteiger partial charge on any atom is -0.339 e. The summed E-state index contributed by atoms with van der Waals surface area (Å²) in [6.45, 7) is 5.45. The zero-order valence-corrected chi connectivity index (χ0v) is 15.7. The minimum absolute atomic E-state index is 0.0594. The van der Waals surface area contributed by atoms with E-state index < -0.39 is 0 Å². The number of carbonyl (C=O) groups is 2. The van der Waals surface area contributed by atoms with Crippen LogP contribution in [0.25, 0.3) is 0 Å². The second-order valence-electron chi connectivity index (χ2n) is 6.93. The van der Waals surface area contributed by atoms with Gasteiger partial charge in [-0.05, 0) is 50.5 Å². The molecule has 2 N–H and O–H groups in total. The third kappa shape index (κ3) is 5.03. The van der Waals surface area contributed by atoms with Crippen LogP contribution in [0.1, 0.15) is 41.4 Å². The lowest BCUT2D eigenvalue weighted by molar-refractivity contribution is 0.0792. The monoisotopic (exact) mass is 367 g/mol. The average Bonchev–Trinajstić information content (AvgIpc) is 3.18. The molecule has 0 unspecified atom stereocenters. The number of likely N-dealkylation sites (tertiary alicyclic amines) is 1. The van der Waals surface area contributed by atoms with Crippen molar-refractivity contribution in [2.45, 2.75) is 39.2 Å². The molecule has 7 heteroatoms. The summed E-state index contributed by atoms with van der Waals surface area (Å²) in [5.74, 6) is 0.0594. The van der Waals surface area contributed by atoms with E-state index in [2.05, 4.69) is 20.6 Å². The molecule has 1 aromatic carbocycles. The molecule has 1 aliphatic rings. The Morgan fingerprint density at radius 1 is 1.22 bits per heavy atom. The van der Waals surface area contributed by atoms with Crippen molar-refractivity contribution < 1.29 is 9.59 Å². The number of amides is 3. The van der Waals surface area contributed by atoms with E-state index in [-0.39, 0.29) is 18.0 Å². The van der Waals surface area contributed by atoms with Crippen LogP contribution in [0.4, 0.5) is 10.5 Å². The fraction of sp³-hybridized carbons (Fsp3) is 0.400. The van der Waals surface area contributed by atoms with Crippen LogP contribution in [0.2, 0.25) is 0 Å². The lowest BCUT2D eigenvalue weighted by Crippen LogP contribution is -2.37. The van der Waals surface area contributed by atoms with Crippen molar-refractivity contribution in [3.63, 3.8) is 0 Å². The molecular weight excluding hydrogens is 342 g/mol. The highest BCUT2D eigenvalue weighted by Crippen LogP contribution is 2.19. The molecule has 142 valence electrons. The fourth-order valence-corrected chi connectivity index (χ4v) is 3.22. The summed E-state index contributed by atoms with van der Waals surface area (Å²) in [6.07, 6.45) is 7.68. The third-order valence-corrected chi connectivity index (χ3v) is 4.62. The molecule has 3 rings (SSSR count). The summed E-state index contributed by atoms with van der Waals surface area (Å²) in [7, 11) is 0.